The number of halogens is 2. The Balaban J connectivity index is 1.46. The Bertz CT molecular complexity index is 865. The van der Waals surface area contributed by atoms with Crippen molar-refractivity contribution < 1.29 is 27.8 Å². The molecule has 1 heterocycles. The summed E-state index contributed by atoms with van der Waals surface area (Å²) >= 11 is 0. The Morgan fingerprint density at radius 2 is 1.79 bits per heavy atom. The highest BCUT2D eigenvalue weighted by Gasteiger charge is 2.25. The van der Waals surface area contributed by atoms with Gasteiger partial charge in [0.1, 0.15) is 5.82 Å². The number of para-hydroxylation sites is 1. The maximum Gasteiger partial charge on any atom is 0.415 e. The number of nitrogens with one attached hydrogen (secondary N) is 1. The lowest BCUT2D eigenvalue weighted by Gasteiger charge is -2.31. The molecular weight excluding hydrogens is 382 g/mol. The van der Waals surface area contributed by atoms with Crippen molar-refractivity contribution in [3.63, 3.8) is 0 Å². The van der Waals surface area contributed by atoms with Crippen molar-refractivity contribution in [2.45, 2.75) is 12.8 Å². The van der Waals surface area contributed by atoms with Crippen molar-refractivity contribution >= 4 is 12.0 Å². The first-order chi connectivity index (χ1) is 14.0. The van der Waals surface area contributed by atoms with Crippen LogP contribution < -0.4 is 14.8 Å². The molecule has 1 N–H and O–H groups in total. The third-order valence-electron chi connectivity index (χ3n) is 4.86. The number of rotatable bonds is 5. The molecule has 2 aromatic carbocycles. The molecule has 0 spiro atoms. The first-order valence-corrected chi connectivity index (χ1v) is 9.31. The molecule has 0 unspecified atom stereocenters. The third-order valence-corrected chi connectivity index (χ3v) is 4.86. The van der Waals surface area contributed by atoms with E-state index in [9.17, 15) is 18.4 Å². The zero-order chi connectivity index (χ0) is 20.8. The molecule has 0 bridgehead atoms. The van der Waals surface area contributed by atoms with Crippen molar-refractivity contribution in [2.75, 3.05) is 26.7 Å². The first kappa shape index (κ1) is 20.6. The van der Waals surface area contributed by atoms with Gasteiger partial charge in [0, 0.05) is 25.2 Å². The van der Waals surface area contributed by atoms with Crippen molar-refractivity contribution in [1.82, 2.24) is 10.2 Å². The van der Waals surface area contributed by atoms with Crippen LogP contribution in [0, 0.1) is 17.6 Å². The van der Waals surface area contributed by atoms with Gasteiger partial charge in [0.25, 0.3) is 5.91 Å². The third kappa shape index (κ3) is 5.22. The highest BCUT2D eigenvalue weighted by molar-refractivity contribution is 5.94. The van der Waals surface area contributed by atoms with E-state index >= 15 is 0 Å². The standard InChI is InChI=1S/C21H22F2N2O4/c1-28-19-17(23)3-2-4-18(19)29-21(27)25-11-9-14(10-12-25)13-24-20(26)15-5-7-16(22)8-6-15/h2-8,14H,9-13H2,1H3,(H,24,26). The van der Waals surface area contributed by atoms with Crippen LogP contribution in [0.1, 0.15) is 23.2 Å². The number of ether oxygens (including phenoxy) is 2. The van der Waals surface area contributed by atoms with Crippen LogP contribution in [0.15, 0.2) is 42.5 Å². The fraction of sp³-hybridized carbons (Fsp3) is 0.333. The van der Waals surface area contributed by atoms with Gasteiger partial charge in [-0.25, -0.2) is 13.6 Å². The number of hydrogen-bond acceptors (Lipinski definition) is 4. The number of amides is 2. The molecule has 1 aliphatic heterocycles. The summed E-state index contributed by atoms with van der Waals surface area (Å²) in [6.07, 6.45) is 0.820. The topological polar surface area (TPSA) is 67.9 Å². The predicted octanol–water partition coefficient (Wildman–Crippen LogP) is 3.61. The zero-order valence-corrected chi connectivity index (χ0v) is 16.0. The summed E-state index contributed by atoms with van der Waals surface area (Å²) in [7, 11) is 1.31. The number of likely N-dealkylation sites (tertiary alicyclic amines) is 1. The molecule has 2 aromatic rings. The number of carbonyl (C=O) groups is 2. The molecule has 29 heavy (non-hydrogen) atoms. The van der Waals surface area contributed by atoms with Gasteiger partial charge < -0.3 is 19.7 Å². The van der Waals surface area contributed by atoms with Crippen LogP contribution >= 0.6 is 0 Å². The quantitative estimate of drug-likeness (QED) is 0.827. The number of carbonyl (C=O) groups excluding carboxylic acids is 2. The van der Waals surface area contributed by atoms with Gasteiger partial charge in [0.05, 0.1) is 7.11 Å². The van der Waals surface area contributed by atoms with Crippen molar-refractivity contribution in [3.8, 4) is 11.5 Å². The molecule has 0 saturated carbocycles. The lowest BCUT2D eigenvalue weighted by molar-refractivity contribution is 0.0931. The molecule has 1 fully saturated rings. The second kappa shape index (κ2) is 9.36. The number of benzene rings is 2. The smallest absolute Gasteiger partial charge is 0.415 e. The molecule has 3 rings (SSSR count). The molecule has 0 aliphatic carbocycles. The summed E-state index contributed by atoms with van der Waals surface area (Å²) in [5.41, 5.74) is 0.399. The van der Waals surface area contributed by atoms with E-state index in [4.69, 9.17) is 9.47 Å². The summed E-state index contributed by atoms with van der Waals surface area (Å²) in [6.45, 7) is 1.40. The van der Waals surface area contributed by atoms with Crippen molar-refractivity contribution in [2.24, 2.45) is 5.92 Å². The van der Waals surface area contributed by atoms with E-state index in [2.05, 4.69) is 5.32 Å². The number of nitrogens with zero attached hydrogens (tertiary/aromatic N) is 1. The monoisotopic (exact) mass is 404 g/mol. The van der Waals surface area contributed by atoms with E-state index in [1.807, 2.05) is 0 Å². The molecule has 8 heteroatoms. The van der Waals surface area contributed by atoms with Gasteiger partial charge in [-0.2, -0.15) is 0 Å². The Hall–Kier alpha value is -3.16. The fourth-order valence-electron chi connectivity index (χ4n) is 3.19. The molecule has 6 nitrogen and oxygen atoms in total. The minimum Gasteiger partial charge on any atom is -0.490 e. The van der Waals surface area contributed by atoms with Gasteiger partial charge in [0.15, 0.2) is 17.3 Å². The second-order valence-corrected chi connectivity index (χ2v) is 6.79. The van der Waals surface area contributed by atoms with Gasteiger partial charge in [-0.1, -0.05) is 6.07 Å². The van der Waals surface area contributed by atoms with Crippen LogP contribution in [0.2, 0.25) is 0 Å². The van der Waals surface area contributed by atoms with E-state index < -0.39 is 17.7 Å². The Labute approximate surface area is 167 Å². The van der Waals surface area contributed by atoms with Crippen LogP contribution in [-0.2, 0) is 0 Å². The van der Waals surface area contributed by atoms with Crippen molar-refractivity contribution in [1.29, 1.82) is 0 Å². The van der Waals surface area contributed by atoms with Gasteiger partial charge in [-0.05, 0) is 55.2 Å². The molecule has 154 valence electrons. The minimum atomic E-state index is -0.603. The second-order valence-electron chi connectivity index (χ2n) is 6.79. The van der Waals surface area contributed by atoms with Crippen LogP contribution in [0.5, 0.6) is 11.5 Å². The number of methoxy groups -OCH3 is 1. The van der Waals surface area contributed by atoms with Crippen LogP contribution in [0.25, 0.3) is 0 Å². The SMILES string of the molecule is COc1c(F)cccc1OC(=O)N1CCC(CNC(=O)c2ccc(F)cc2)CC1. The predicted molar refractivity (Wildman–Crippen MR) is 102 cm³/mol. The largest absolute Gasteiger partial charge is 0.490 e. The average molecular weight is 404 g/mol. The zero-order valence-electron chi connectivity index (χ0n) is 16.0. The number of piperidine rings is 1. The first-order valence-electron chi connectivity index (χ1n) is 9.31. The average Bonchev–Trinajstić information content (AvgIpc) is 2.73. The molecule has 1 saturated heterocycles. The highest BCUT2D eigenvalue weighted by atomic mass is 19.1. The molecule has 0 atom stereocenters. The lowest BCUT2D eigenvalue weighted by atomic mass is 9.97. The van der Waals surface area contributed by atoms with E-state index in [0.29, 0.717) is 38.0 Å². The molecule has 1 aliphatic rings. The maximum atomic E-state index is 13.7. The van der Waals surface area contributed by atoms with Crippen LogP contribution in [-0.4, -0.2) is 43.6 Å². The number of hydrogen-bond donors (Lipinski definition) is 1. The molecule has 2 amide bonds. The van der Waals surface area contributed by atoms with Gasteiger partial charge in [0.2, 0.25) is 0 Å². The van der Waals surface area contributed by atoms with E-state index in [0.717, 1.165) is 0 Å². The summed E-state index contributed by atoms with van der Waals surface area (Å²) < 4.78 is 36.9. The maximum absolute atomic E-state index is 13.7. The lowest BCUT2D eigenvalue weighted by Crippen LogP contribution is -2.42. The minimum absolute atomic E-state index is 0.0335. The van der Waals surface area contributed by atoms with E-state index in [1.54, 1.807) is 4.90 Å². The summed E-state index contributed by atoms with van der Waals surface area (Å²) in [6, 6.07) is 9.49. The van der Waals surface area contributed by atoms with E-state index in [1.165, 1.54) is 49.6 Å². The normalized spacial score (nSPS) is 14.4. The summed E-state index contributed by atoms with van der Waals surface area (Å²) in [4.78, 5) is 26.0. The van der Waals surface area contributed by atoms with Crippen LogP contribution in [0.4, 0.5) is 13.6 Å². The van der Waals surface area contributed by atoms with Gasteiger partial charge >= 0.3 is 6.09 Å². The Morgan fingerprint density at radius 1 is 1.10 bits per heavy atom. The fourth-order valence-corrected chi connectivity index (χ4v) is 3.19. The summed E-state index contributed by atoms with van der Waals surface area (Å²) in [5.74, 6) is -1.12. The molecule has 0 radical (unpaired) electrons. The van der Waals surface area contributed by atoms with Crippen molar-refractivity contribution in [3.05, 3.63) is 59.7 Å². The highest BCUT2D eigenvalue weighted by Crippen LogP contribution is 2.30. The summed E-state index contributed by atoms with van der Waals surface area (Å²) in [5, 5.41) is 2.84. The Kier molecular flexibility index (Phi) is 6.64. The Morgan fingerprint density at radius 3 is 2.45 bits per heavy atom. The van der Waals surface area contributed by atoms with Crippen LogP contribution in [0.3, 0.4) is 0 Å². The molecule has 0 aromatic heterocycles. The van der Waals surface area contributed by atoms with Gasteiger partial charge in [-0.15, -0.1) is 0 Å². The molecular formula is C21H22F2N2O4. The van der Waals surface area contributed by atoms with Gasteiger partial charge in [-0.3, -0.25) is 4.79 Å². The van der Waals surface area contributed by atoms with E-state index in [-0.39, 0.29) is 23.3 Å².